The Morgan fingerprint density at radius 1 is 1.20 bits per heavy atom. The van der Waals surface area contributed by atoms with E-state index in [1.165, 1.54) is 6.07 Å². The molecule has 1 saturated carbocycles. The van der Waals surface area contributed by atoms with Crippen LogP contribution < -0.4 is 4.74 Å². The maximum atomic E-state index is 14.2. The third kappa shape index (κ3) is 5.13. The van der Waals surface area contributed by atoms with Crippen molar-refractivity contribution in [3.8, 4) is 5.88 Å². The van der Waals surface area contributed by atoms with E-state index in [0.29, 0.717) is 27.9 Å². The average Bonchev–Trinajstić information content (AvgIpc) is 3.58. The fourth-order valence-electron chi connectivity index (χ4n) is 6.38. The number of likely N-dealkylation sites (tertiary alicyclic amines) is 1. The molecule has 41 heavy (non-hydrogen) atoms. The molecule has 0 N–H and O–H groups in total. The van der Waals surface area contributed by atoms with E-state index < -0.39 is 0 Å². The number of ether oxygens (including phenoxy) is 2. The fourth-order valence-corrected chi connectivity index (χ4v) is 6.54. The van der Waals surface area contributed by atoms with Gasteiger partial charge in [-0.2, -0.15) is 0 Å². The van der Waals surface area contributed by atoms with Gasteiger partial charge in [-0.1, -0.05) is 23.7 Å². The molecule has 0 unspecified atom stereocenters. The van der Waals surface area contributed by atoms with Gasteiger partial charge in [-0.3, -0.25) is 9.69 Å². The van der Waals surface area contributed by atoms with Crippen LogP contribution in [-0.4, -0.2) is 51.0 Å². The van der Waals surface area contributed by atoms with Gasteiger partial charge in [0.05, 0.1) is 35.9 Å². The van der Waals surface area contributed by atoms with E-state index in [-0.39, 0.29) is 29.7 Å². The molecule has 0 amide bonds. The number of fused-ring (bicyclic) bond motifs is 2. The van der Waals surface area contributed by atoms with Crippen molar-refractivity contribution < 1.29 is 18.7 Å². The van der Waals surface area contributed by atoms with Crippen molar-refractivity contribution >= 4 is 28.4 Å². The quantitative estimate of drug-likeness (QED) is 0.230. The number of pyridine rings is 1. The molecule has 9 heteroatoms. The van der Waals surface area contributed by atoms with Gasteiger partial charge < -0.3 is 14.0 Å². The normalized spacial score (nSPS) is 23.7. The summed E-state index contributed by atoms with van der Waals surface area (Å²) in [6.07, 6.45) is 3.35. The SMILES string of the molecule is CC(=O)c1ccc2nc(CN3CC[C@]4(c5cccc(OCc6ccc(Cl)cc6F)n5)C[C@@H]4C3)n(C[C@@H]3CCO3)c2c1. The first-order valence-corrected chi connectivity index (χ1v) is 14.6. The molecule has 0 radical (unpaired) electrons. The molecule has 2 aromatic heterocycles. The number of halogens is 2. The molecule has 1 aliphatic carbocycles. The predicted octanol–water partition coefficient (Wildman–Crippen LogP) is 5.96. The van der Waals surface area contributed by atoms with Gasteiger partial charge in [-0.05, 0) is 75.0 Å². The molecule has 3 fully saturated rings. The number of carbonyl (C=O) groups excluding carboxylic acids is 1. The summed E-state index contributed by atoms with van der Waals surface area (Å²) in [6.45, 7) is 5.94. The number of hydrogen-bond donors (Lipinski definition) is 0. The zero-order valence-electron chi connectivity index (χ0n) is 23.0. The van der Waals surface area contributed by atoms with E-state index in [9.17, 15) is 9.18 Å². The lowest BCUT2D eigenvalue weighted by Gasteiger charge is -2.32. The lowest BCUT2D eigenvalue weighted by Crippen LogP contribution is -2.37. The van der Waals surface area contributed by atoms with E-state index in [1.807, 2.05) is 30.3 Å². The Labute approximate surface area is 243 Å². The van der Waals surface area contributed by atoms with Crippen LogP contribution in [-0.2, 0) is 29.8 Å². The highest BCUT2D eigenvalue weighted by Gasteiger charge is 2.58. The summed E-state index contributed by atoms with van der Waals surface area (Å²) in [5.74, 6) is 1.73. The number of Topliss-reactive ketones (excluding diaryl/α,β-unsaturated/α-hetero) is 1. The Morgan fingerprint density at radius 3 is 2.83 bits per heavy atom. The Bertz CT molecular complexity index is 1640. The smallest absolute Gasteiger partial charge is 0.213 e. The maximum absolute atomic E-state index is 14.2. The summed E-state index contributed by atoms with van der Waals surface area (Å²) < 4.78 is 28.1. The number of carbonyl (C=O) groups is 1. The van der Waals surface area contributed by atoms with Crippen LogP contribution in [0.4, 0.5) is 4.39 Å². The van der Waals surface area contributed by atoms with Crippen molar-refractivity contribution in [3.05, 3.63) is 88.1 Å². The molecule has 0 spiro atoms. The number of rotatable bonds is 9. The first kappa shape index (κ1) is 26.6. The van der Waals surface area contributed by atoms with Crippen molar-refractivity contribution in [1.29, 1.82) is 0 Å². The van der Waals surface area contributed by atoms with E-state index in [2.05, 4.69) is 15.5 Å². The van der Waals surface area contributed by atoms with E-state index in [4.69, 9.17) is 31.0 Å². The minimum absolute atomic E-state index is 0.0578. The van der Waals surface area contributed by atoms with Crippen LogP contribution in [0.15, 0.2) is 54.6 Å². The highest BCUT2D eigenvalue weighted by Crippen LogP contribution is 2.59. The lowest BCUT2D eigenvalue weighted by atomic mass is 9.91. The average molecular weight is 575 g/mol. The van der Waals surface area contributed by atoms with Gasteiger partial charge in [-0.25, -0.2) is 14.4 Å². The lowest BCUT2D eigenvalue weighted by molar-refractivity contribution is -0.0592. The van der Waals surface area contributed by atoms with Crippen LogP contribution in [0, 0.1) is 11.7 Å². The van der Waals surface area contributed by atoms with Crippen LogP contribution in [0.2, 0.25) is 5.02 Å². The van der Waals surface area contributed by atoms with E-state index in [1.54, 1.807) is 19.1 Å². The summed E-state index contributed by atoms with van der Waals surface area (Å²) >= 11 is 5.87. The highest BCUT2D eigenvalue weighted by atomic mass is 35.5. The monoisotopic (exact) mass is 574 g/mol. The van der Waals surface area contributed by atoms with Gasteiger partial charge in [-0.15, -0.1) is 0 Å². The molecule has 4 aromatic rings. The largest absolute Gasteiger partial charge is 0.473 e. The Morgan fingerprint density at radius 2 is 2.07 bits per heavy atom. The number of imidazole rings is 1. The Kier molecular flexibility index (Phi) is 6.80. The number of hydrogen-bond acceptors (Lipinski definition) is 6. The minimum atomic E-state index is -0.380. The number of ketones is 1. The standard InChI is InChI=1S/C32H32ClFN4O3/c1-20(39)21-6-8-27-28(13-21)38(17-25-9-12-40-25)30(35-27)18-37-11-10-32(15-23(32)16-37)29-3-2-4-31(36-29)41-19-22-5-7-24(33)14-26(22)34/h2-8,13-14,23,25H,9-12,15-19H2,1H3/t23-,25+,32+/m1/s1. The number of aromatic nitrogens is 3. The number of benzene rings is 2. The van der Waals surface area contributed by atoms with Crippen LogP contribution in [0.25, 0.3) is 11.0 Å². The molecule has 3 aliphatic rings. The third-order valence-corrected chi connectivity index (χ3v) is 9.22. The molecule has 4 heterocycles. The first-order valence-electron chi connectivity index (χ1n) is 14.3. The minimum Gasteiger partial charge on any atom is -0.473 e. The van der Waals surface area contributed by atoms with Crippen molar-refractivity contribution in [3.63, 3.8) is 0 Å². The Hall–Kier alpha value is -3.33. The van der Waals surface area contributed by atoms with Gasteiger partial charge in [0, 0.05) is 40.8 Å². The van der Waals surface area contributed by atoms with Crippen molar-refractivity contribution in [2.24, 2.45) is 5.92 Å². The van der Waals surface area contributed by atoms with Crippen molar-refractivity contribution in [2.45, 2.75) is 57.4 Å². The zero-order chi connectivity index (χ0) is 28.1. The summed E-state index contributed by atoms with van der Waals surface area (Å²) in [7, 11) is 0. The van der Waals surface area contributed by atoms with Crippen LogP contribution in [0.1, 0.15) is 53.6 Å². The molecule has 3 atom stereocenters. The fraction of sp³-hybridized carbons (Fsp3) is 0.406. The second kappa shape index (κ2) is 10.5. The second-order valence-electron chi connectivity index (χ2n) is 11.6. The molecule has 212 valence electrons. The molecule has 2 aliphatic heterocycles. The molecular formula is C32H32ClFN4O3. The molecule has 2 saturated heterocycles. The molecule has 7 rings (SSSR count). The topological polar surface area (TPSA) is 69.5 Å². The maximum Gasteiger partial charge on any atom is 0.213 e. The van der Waals surface area contributed by atoms with Gasteiger partial charge in [0.15, 0.2) is 5.78 Å². The number of piperidine rings is 1. The third-order valence-electron chi connectivity index (χ3n) is 8.99. The molecular weight excluding hydrogens is 543 g/mol. The van der Waals surface area contributed by atoms with Gasteiger partial charge >= 0.3 is 0 Å². The van der Waals surface area contributed by atoms with Gasteiger partial charge in [0.1, 0.15) is 18.2 Å². The highest BCUT2D eigenvalue weighted by molar-refractivity contribution is 6.30. The van der Waals surface area contributed by atoms with Gasteiger partial charge in [0.2, 0.25) is 5.88 Å². The number of nitrogens with zero attached hydrogens (tertiary/aromatic N) is 4. The van der Waals surface area contributed by atoms with E-state index >= 15 is 0 Å². The van der Waals surface area contributed by atoms with E-state index in [0.717, 1.165) is 74.6 Å². The van der Waals surface area contributed by atoms with Crippen LogP contribution in [0.5, 0.6) is 5.88 Å². The first-order chi connectivity index (χ1) is 19.9. The molecule has 0 bridgehead atoms. The second-order valence-corrected chi connectivity index (χ2v) is 12.0. The summed E-state index contributed by atoms with van der Waals surface area (Å²) in [4.78, 5) is 24.4. The molecule has 2 aromatic carbocycles. The summed E-state index contributed by atoms with van der Waals surface area (Å²) in [6, 6.07) is 16.3. The summed E-state index contributed by atoms with van der Waals surface area (Å²) in [5, 5.41) is 0.364. The zero-order valence-corrected chi connectivity index (χ0v) is 23.7. The Balaban J connectivity index is 1.05. The van der Waals surface area contributed by atoms with Crippen LogP contribution in [0.3, 0.4) is 0 Å². The van der Waals surface area contributed by atoms with Crippen LogP contribution >= 0.6 is 11.6 Å². The van der Waals surface area contributed by atoms with Gasteiger partial charge in [0.25, 0.3) is 0 Å². The predicted molar refractivity (Wildman–Crippen MR) is 154 cm³/mol. The van der Waals surface area contributed by atoms with Crippen molar-refractivity contribution in [1.82, 2.24) is 19.4 Å². The molecule has 7 nitrogen and oxygen atoms in total. The summed E-state index contributed by atoms with van der Waals surface area (Å²) in [5.41, 5.74) is 4.20. The van der Waals surface area contributed by atoms with Crippen molar-refractivity contribution in [2.75, 3.05) is 19.7 Å².